The number of thiophene rings is 1. The molecule has 4 nitrogen and oxygen atoms in total. The molecule has 2 N–H and O–H groups in total. The van der Waals surface area contributed by atoms with E-state index < -0.39 is 5.60 Å². The van der Waals surface area contributed by atoms with Crippen LogP contribution in [0.1, 0.15) is 22.9 Å². The van der Waals surface area contributed by atoms with Crippen LogP contribution in [0.4, 0.5) is 0 Å². The first-order valence-corrected chi connectivity index (χ1v) is 8.00. The van der Waals surface area contributed by atoms with Gasteiger partial charge in [0.25, 0.3) is 5.91 Å². The number of carbonyl (C=O) groups is 1. The van der Waals surface area contributed by atoms with E-state index in [1.54, 1.807) is 6.92 Å². The Morgan fingerprint density at radius 1 is 1.27 bits per heavy atom. The molecule has 1 aromatic heterocycles. The molecule has 5 heteroatoms. The maximum atomic E-state index is 11.9. The fourth-order valence-corrected chi connectivity index (χ4v) is 2.95. The predicted octanol–water partition coefficient (Wildman–Crippen LogP) is 2.77. The van der Waals surface area contributed by atoms with Gasteiger partial charge >= 0.3 is 0 Å². The standard InChI is InChI=1S/C17H21NO3S/c1-12-6-4-7-13(2)16(12)21-10-15(19)18-11-17(3,20)14-8-5-9-22-14/h4-9,20H,10-11H2,1-3H3,(H,18,19). The number of aliphatic hydroxyl groups is 1. The van der Waals surface area contributed by atoms with Gasteiger partial charge < -0.3 is 15.2 Å². The molecule has 1 amide bonds. The Hall–Kier alpha value is -1.85. The monoisotopic (exact) mass is 319 g/mol. The van der Waals surface area contributed by atoms with Crippen molar-refractivity contribution in [1.29, 1.82) is 0 Å². The van der Waals surface area contributed by atoms with Gasteiger partial charge in [-0.2, -0.15) is 0 Å². The zero-order valence-corrected chi connectivity index (χ0v) is 13.9. The van der Waals surface area contributed by atoms with Crippen molar-refractivity contribution in [2.45, 2.75) is 26.4 Å². The van der Waals surface area contributed by atoms with Crippen molar-refractivity contribution in [3.05, 3.63) is 51.7 Å². The summed E-state index contributed by atoms with van der Waals surface area (Å²) in [6.45, 7) is 5.67. The van der Waals surface area contributed by atoms with E-state index >= 15 is 0 Å². The van der Waals surface area contributed by atoms with Crippen molar-refractivity contribution >= 4 is 17.2 Å². The highest BCUT2D eigenvalue weighted by Gasteiger charge is 2.24. The van der Waals surface area contributed by atoms with Crippen molar-refractivity contribution in [2.75, 3.05) is 13.2 Å². The molecule has 0 bridgehead atoms. The summed E-state index contributed by atoms with van der Waals surface area (Å²) in [5.41, 5.74) is 0.930. The first-order valence-electron chi connectivity index (χ1n) is 7.12. The molecule has 0 radical (unpaired) electrons. The molecule has 0 saturated heterocycles. The number of ether oxygens (including phenoxy) is 1. The van der Waals surface area contributed by atoms with E-state index in [1.807, 2.05) is 49.6 Å². The normalized spacial score (nSPS) is 13.5. The lowest BCUT2D eigenvalue weighted by atomic mass is 10.1. The number of amides is 1. The lowest BCUT2D eigenvalue weighted by Gasteiger charge is -2.22. The number of carbonyl (C=O) groups excluding carboxylic acids is 1. The van der Waals surface area contributed by atoms with Crippen molar-refractivity contribution in [3.63, 3.8) is 0 Å². The Labute approximate surface area is 134 Å². The first kappa shape index (κ1) is 16.5. The molecule has 0 aliphatic carbocycles. The Morgan fingerprint density at radius 2 is 1.95 bits per heavy atom. The summed E-state index contributed by atoms with van der Waals surface area (Å²) >= 11 is 1.46. The molecule has 2 aromatic rings. The lowest BCUT2D eigenvalue weighted by Crippen LogP contribution is -2.40. The van der Waals surface area contributed by atoms with E-state index in [9.17, 15) is 9.90 Å². The van der Waals surface area contributed by atoms with Crippen LogP contribution in [-0.2, 0) is 10.4 Å². The van der Waals surface area contributed by atoms with Crippen LogP contribution in [0.15, 0.2) is 35.7 Å². The van der Waals surface area contributed by atoms with Crippen molar-refractivity contribution < 1.29 is 14.6 Å². The number of hydrogen-bond donors (Lipinski definition) is 2. The summed E-state index contributed by atoms with van der Waals surface area (Å²) in [6.07, 6.45) is 0. The maximum absolute atomic E-state index is 11.9. The van der Waals surface area contributed by atoms with Crippen LogP contribution in [0.25, 0.3) is 0 Å². The zero-order chi connectivity index (χ0) is 16.2. The van der Waals surface area contributed by atoms with Crippen LogP contribution in [0, 0.1) is 13.8 Å². The minimum absolute atomic E-state index is 0.0633. The van der Waals surface area contributed by atoms with E-state index in [0.29, 0.717) is 0 Å². The highest BCUT2D eigenvalue weighted by molar-refractivity contribution is 7.10. The molecule has 1 atom stereocenters. The van der Waals surface area contributed by atoms with Crippen LogP contribution in [0.2, 0.25) is 0 Å². The number of para-hydroxylation sites is 1. The van der Waals surface area contributed by atoms with Gasteiger partial charge in [-0.3, -0.25) is 4.79 Å². The third-order valence-electron chi connectivity index (χ3n) is 3.44. The largest absolute Gasteiger partial charge is 0.483 e. The van der Waals surface area contributed by atoms with Crippen LogP contribution in [0.5, 0.6) is 5.75 Å². The second kappa shape index (κ2) is 6.94. The lowest BCUT2D eigenvalue weighted by molar-refractivity contribution is -0.124. The first-order chi connectivity index (χ1) is 10.4. The zero-order valence-electron chi connectivity index (χ0n) is 13.1. The summed E-state index contributed by atoms with van der Waals surface area (Å²) in [5.74, 6) is 0.488. The molecule has 0 fully saturated rings. The Kier molecular flexibility index (Phi) is 5.21. The van der Waals surface area contributed by atoms with Gasteiger partial charge in [-0.25, -0.2) is 0 Å². The topological polar surface area (TPSA) is 58.6 Å². The Morgan fingerprint density at radius 3 is 2.55 bits per heavy atom. The van der Waals surface area contributed by atoms with E-state index in [1.165, 1.54) is 11.3 Å². The minimum atomic E-state index is -1.07. The number of aryl methyl sites for hydroxylation is 2. The van der Waals surface area contributed by atoms with E-state index in [-0.39, 0.29) is 19.1 Å². The average Bonchev–Trinajstić information content (AvgIpc) is 3.00. The molecule has 0 spiro atoms. The highest BCUT2D eigenvalue weighted by Crippen LogP contribution is 2.24. The fourth-order valence-electron chi connectivity index (χ4n) is 2.16. The predicted molar refractivity (Wildman–Crippen MR) is 88.3 cm³/mol. The molecule has 0 aliphatic rings. The molecule has 0 aliphatic heterocycles. The van der Waals surface area contributed by atoms with Crippen LogP contribution in [-0.4, -0.2) is 24.2 Å². The summed E-state index contributed by atoms with van der Waals surface area (Å²) in [6, 6.07) is 9.57. The molecule has 2 rings (SSSR count). The van der Waals surface area contributed by atoms with Gasteiger partial charge in [-0.1, -0.05) is 24.3 Å². The van der Waals surface area contributed by atoms with Gasteiger partial charge in [-0.05, 0) is 43.3 Å². The third kappa shape index (κ3) is 4.08. The molecule has 1 aromatic carbocycles. The van der Waals surface area contributed by atoms with E-state index in [0.717, 1.165) is 21.8 Å². The Bertz CT molecular complexity index is 615. The summed E-state index contributed by atoms with van der Waals surface area (Å²) in [5, 5.41) is 15.0. The van der Waals surface area contributed by atoms with E-state index in [2.05, 4.69) is 5.32 Å². The number of benzene rings is 1. The van der Waals surface area contributed by atoms with Crippen LogP contribution < -0.4 is 10.1 Å². The second-order valence-electron chi connectivity index (χ2n) is 5.54. The molecule has 0 saturated carbocycles. The second-order valence-corrected chi connectivity index (χ2v) is 6.49. The summed E-state index contributed by atoms with van der Waals surface area (Å²) in [4.78, 5) is 12.7. The minimum Gasteiger partial charge on any atom is -0.483 e. The van der Waals surface area contributed by atoms with Crippen LogP contribution in [0.3, 0.4) is 0 Å². The van der Waals surface area contributed by atoms with Gasteiger partial charge in [0.2, 0.25) is 0 Å². The number of hydrogen-bond acceptors (Lipinski definition) is 4. The molecule has 1 heterocycles. The van der Waals surface area contributed by atoms with Crippen molar-refractivity contribution in [3.8, 4) is 5.75 Å². The fraction of sp³-hybridized carbons (Fsp3) is 0.353. The smallest absolute Gasteiger partial charge is 0.258 e. The van der Waals surface area contributed by atoms with Crippen molar-refractivity contribution in [1.82, 2.24) is 5.32 Å². The molecular weight excluding hydrogens is 298 g/mol. The van der Waals surface area contributed by atoms with Gasteiger partial charge in [0.05, 0.1) is 6.54 Å². The summed E-state index contributed by atoms with van der Waals surface area (Å²) < 4.78 is 5.59. The molecular formula is C17H21NO3S. The van der Waals surface area contributed by atoms with Gasteiger partial charge in [-0.15, -0.1) is 11.3 Å². The highest BCUT2D eigenvalue weighted by atomic mass is 32.1. The molecule has 1 unspecified atom stereocenters. The number of rotatable bonds is 6. The average molecular weight is 319 g/mol. The van der Waals surface area contributed by atoms with Gasteiger partial charge in [0.1, 0.15) is 11.4 Å². The third-order valence-corrected chi connectivity index (χ3v) is 4.56. The maximum Gasteiger partial charge on any atom is 0.258 e. The Balaban J connectivity index is 1.86. The van der Waals surface area contributed by atoms with Gasteiger partial charge in [0.15, 0.2) is 6.61 Å². The van der Waals surface area contributed by atoms with Gasteiger partial charge in [0, 0.05) is 4.88 Å². The number of nitrogens with one attached hydrogen (secondary N) is 1. The summed E-state index contributed by atoms with van der Waals surface area (Å²) in [7, 11) is 0. The molecule has 22 heavy (non-hydrogen) atoms. The molecule has 118 valence electrons. The SMILES string of the molecule is Cc1cccc(C)c1OCC(=O)NCC(C)(O)c1cccs1. The van der Waals surface area contributed by atoms with Crippen LogP contribution >= 0.6 is 11.3 Å². The quantitative estimate of drug-likeness (QED) is 0.861. The van der Waals surface area contributed by atoms with E-state index in [4.69, 9.17) is 4.74 Å². The van der Waals surface area contributed by atoms with Crippen molar-refractivity contribution in [2.24, 2.45) is 0 Å².